The number of methoxy groups -OCH3 is 1. The van der Waals surface area contributed by atoms with Crippen molar-refractivity contribution < 1.29 is 14.3 Å². The quantitative estimate of drug-likeness (QED) is 0.399. The Labute approximate surface area is 194 Å². The molecule has 0 unspecified atom stereocenters. The van der Waals surface area contributed by atoms with Crippen molar-refractivity contribution in [2.45, 2.75) is 0 Å². The lowest BCUT2D eigenvalue weighted by Gasteiger charge is -2.09. The monoisotopic (exact) mass is 468 g/mol. The summed E-state index contributed by atoms with van der Waals surface area (Å²) in [5, 5.41) is 8.04. The molecule has 7 nitrogen and oxygen atoms in total. The van der Waals surface area contributed by atoms with Crippen molar-refractivity contribution in [3.63, 3.8) is 0 Å². The topological polar surface area (TPSA) is 78.3 Å². The minimum Gasteiger partial charge on any atom is -0.484 e. The normalized spacial score (nSPS) is 10.6. The molecule has 0 bridgehead atoms. The number of hydrogen-bond acceptors (Lipinski definition) is 5. The summed E-state index contributed by atoms with van der Waals surface area (Å²) in [5.74, 6) is 0.905. The standard InChI is InChI=1S/C23H18Cl2N4O3/c1-31-23-27-22(15-7-12-19(24)20(25)13-15)29(28-23)17-10-8-16(9-11-17)26-21(30)14-32-18-5-3-2-4-6-18/h2-13H,14H2,1H3,(H,26,30). The number of hydrogen-bond donors (Lipinski definition) is 1. The number of anilines is 1. The Hall–Kier alpha value is -3.55. The van der Waals surface area contributed by atoms with Crippen LogP contribution in [0.4, 0.5) is 5.69 Å². The van der Waals surface area contributed by atoms with E-state index in [2.05, 4.69) is 15.4 Å². The molecule has 0 aliphatic carbocycles. The molecule has 1 amide bonds. The molecule has 0 saturated heterocycles. The Morgan fingerprint density at radius 1 is 1.00 bits per heavy atom. The van der Waals surface area contributed by atoms with Crippen molar-refractivity contribution in [2.75, 3.05) is 19.0 Å². The number of rotatable bonds is 7. The summed E-state index contributed by atoms with van der Waals surface area (Å²) in [6.07, 6.45) is 0. The highest BCUT2D eigenvalue weighted by Crippen LogP contribution is 2.30. The number of amides is 1. The number of para-hydroxylation sites is 1. The van der Waals surface area contributed by atoms with Crippen LogP contribution >= 0.6 is 23.2 Å². The number of nitrogens with zero attached hydrogens (tertiary/aromatic N) is 3. The molecule has 162 valence electrons. The smallest absolute Gasteiger partial charge is 0.336 e. The molecule has 9 heteroatoms. The molecular formula is C23H18Cl2N4O3. The zero-order valence-corrected chi connectivity index (χ0v) is 18.5. The molecule has 0 aliphatic heterocycles. The maximum Gasteiger partial charge on any atom is 0.336 e. The molecule has 0 aliphatic rings. The number of ether oxygens (including phenoxy) is 2. The molecule has 4 aromatic rings. The molecule has 3 aromatic carbocycles. The number of benzene rings is 3. The van der Waals surface area contributed by atoms with Gasteiger partial charge in [-0.05, 0) is 54.6 Å². The predicted molar refractivity (Wildman–Crippen MR) is 124 cm³/mol. The van der Waals surface area contributed by atoms with Gasteiger partial charge in [-0.3, -0.25) is 4.79 Å². The summed E-state index contributed by atoms with van der Waals surface area (Å²) in [7, 11) is 1.49. The molecular weight excluding hydrogens is 451 g/mol. The van der Waals surface area contributed by atoms with Gasteiger partial charge in [0.2, 0.25) is 0 Å². The summed E-state index contributed by atoms with van der Waals surface area (Å²) in [5.41, 5.74) is 2.07. The largest absolute Gasteiger partial charge is 0.484 e. The maximum absolute atomic E-state index is 12.2. The number of carbonyl (C=O) groups excluding carboxylic acids is 1. The minimum atomic E-state index is -0.263. The molecule has 0 atom stereocenters. The zero-order chi connectivity index (χ0) is 22.5. The fourth-order valence-electron chi connectivity index (χ4n) is 2.93. The summed E-state index contributed by atoms with van der Waals surface area (Å²) in [6.45, 7) is -0.0898. The third kappa shape index (κ3) is 5.01. The van der Waals surface area contributed by atoms with Gasteiger partial charge in [0.15, 0.2) is 12.4 Å². The van der Waals surface area contributed by atoms with Crippen molar-refractivity contribution in [1.82, 2.24) is 14.8 Å². The van der Waals surface area contributed by atoms with Crippen LogP contribution < -0.4 is 14.8 Å². The van der Waals surface area contributed by atoms with Crippen LogP contribution in [0, 0.1) is 0 Å². The first-order chi connectivity index (χ1) is 15.5. The lowest BCUT2D eigenvalue weighted by molar-refractivity contribution is -0.118. The highest BCUT2D eigenvalue weighted by Gasteiger charge is 2.15. The maximum atomic E-state index is 12.2. The number of nitrogens with one attached hydrogen (secondary N) is 1. The molecule has 32 heavy (non-hydrogen) atoms. The summed E-state index contributed by atoms with van der Waals surface area (Å²) < 4.78 is 12.3. The van der Waals surface area contributed by atoms with Crippen LogP contribution in [0.25, 0.3) is 17.1 Å². The van der Waals surface area contributed by atoms with Crippen LogP contribution in [0.15, 0.2) is 72.8 Å². The fraction of sp³-hybridized carbons (Fsp3) is 0.0870. The Morgan fingerprint density at radius 2 is 1.75 bits per heavy atom. The van der Waals surface area contributed by atoms with E-state index >= 15 is 0 Å². The van der Waals surface area contributed by atoms with Crippen LogP contribution in [-0.2, 0) is 4.79 Å². The van der Waals surface area contributed by atoms with Crippen LogP contribution in [-0.4, -0.2) is 34.4 Å². The zero-order valence-electron chi connectivity index (χ0n) is 17.0. The van der Waals surface area contributed by atoms with Crippen LogP contribution in [0.3, 0.4) is 0 Å². The lowest BCUT2D eigenvalue weighted by atomic mass is 10.2. The first kappa shape index (κ1) is 21.7. The summed E-state index contributed by atoms with van der Waals surface area (Å²) >= 11 is 12.2. The molecule has 0 saturated carbocycles. The third-order valence-electron chi connectivity index (χ3n) is 4.46. The fourth-order valence-corrected chi connectivity index (χ4v) is 3.23. The highest BCUT2D eigenvalue weighted by molar-refractivity contribution is 6.42. The second kappa shape index (κ2) is 9.72. The van der Waals surface area contributed by atoms with Crippen molar-refractivity contribution in [3.8, 4) is 28.8 Å². The van der Waals surface area contributed by atoms with Crippen LogP contribution in [0.5, 0.6) is 11.8 Å². The van der Waals surface area contributed by atoms with E-state index in [9.17, 15) is 4.79 Å². The first-order valence-corrected chi connectivity index (χ1v) is 10.3. The molecule has 1 heterocycles. The van der Waals surface area contributed by atoms with Gasteiger partial charge in [-0.25, -0.2) is 4.68 Å². The Morgan fingerprint density at radius 3 is 2.44 bits per heavy atom. The van der Waals surface area contributed by atoms with Crippen molar-refractivity contribution in [2.24, 2.45) is 0 Å². The van der Waals surface area contributed by atoms with Crippen LogP contribution in [0.1, 0.15) is 0 Å². The molecule has 0 radical (unpaired) electrons. The Balaban J connectivity index is 1.50. The molecule has 1 aromatic heterocycles. The van der Waals surface area contributed by atoms with Crippen molar-refractivity contribution >= 4 is 34.8 Å². The van der Waals surface area contributed by atoms with E-state index in [0.29, 0.717) is 27.3 Å². The average Bonchev–Trinajstić information content (AvgIpc) is 3.25. The minimum absolute atomic E-state index is 0.0898. The Kier molecular flexibility index (Phi) is 6.58. The highest BCUT2D eigenvalue weighted by atomic mass is 35.5. The number of aromatic nitrogens is 3. The second-order valence-electron chi connectivity index (χ2n) is 6.66. The summed E-state index contributed by atoms with van der Waals surface area (Å²) in [4.78, 5) is 16.6. The lowest BCUT2D eigenvalue weighted by Crippen LogP contribution is -2.20. The van der Waals surface area contributed by atoms with E-state index in [1.54, 1.807) is 47.1 Å². The van der Waals surface area contributed by atoms with Gasteiger partial charge in [-0.2, -0.15) is 4.98 Å². The molecule has 0 fully saturated rings. The SMILES string of the molecule is COc1nc(-c2ccc(Cl)c(Cl)c2)n(-c2ccc(NC(=O)COc3ccccc3)cc2)n1. The van der Waals surface area contributed by atoms with Gasteiger partial charge in [0.05, 0.1) is 22.8 Å². The molecule has 4 rings (SSSR count). The van der Waals surface area contributed by atoms with E-state index in [4.69, 9.17) is 32.7 Å². The van der Waals surface area contributed by atoms with E-state index in [1.165, 1.54) is 7.11 Å². The van der Waals surface area contributed by atoms with E-state index in [1.807, 2.05) is 30.3 Å². The van der Waals surface area contributed by atoms with E-state index < -0.39 is 0 Å². The predicted octanol–water partition coefficient (Wildman–Crippen LogP) is 5.27. The second-order valence-corrected chi connectivity index (χ2v) is 7.47. The van der Waals surface area contributed by atoms with Gasteiger partial charge in [0, 0.05) is 11.3 Å². The van der Waals surface area contributed by atoms with Crippen molar-refractivity contribution in [3.05, 3.63) is 82.8 Å². The summed E-state index contributed by atoms with van der Waals surface area (Å²) in [6, 6.07) is 21.7. The van der Waals surface area contributed by atoms with Gasteiger partial charge >= 0.3 is 6.01 Å². The van der Waals surface area contributed by atoms with Gasteiger partial charge in [-0.15, -0.1) is 5.10 Å². The molecule has 1 N–H and O–H groups in total. The number of carbonyl (C=O) groups is 1. The first-order valence-electron chi connectivity index (χ1n) is 9.58. The van der Waals surface area contributed by atoms with Crippen molar-refractivity contribution in [1.29, 1.82) is 0 Å². The van der Waals surface area contributed by atoms with Gasteiger partial charge in [0.25, 0.3) is 5.91 Å². The third-order valence-corrected chi connectivity index (χ3v) is 5.20. The average molecular weight is 469 g/mol. The molecule has 0 spiro atoms. The van der Waals surface area contributed by atoms with Gasteiger partial charge in [-0.1, -0.05) is 41.4 Å². The van der Waals surface area contributed by atoms with E-state index in [0.717, 1.165) is 11.3 Å². The van der Waals surface area contributed by atoms with Crippen LogP contribution in [0.2, 0.25) is 10.0 Å². The van der Waals surface area contributed by atoms with Gasteiger partial charge in [0.1, 0.15) is 5.75 Å². The van der Waals surface area contributed by atoms with E-state index in [-0.39, 0.29) is 18.5 Å². The van der Waals surface area contributed by atoms with Gasteiger partial charge < -0.3 is 14.8 Å². The Bertz CT molecular complexity index is 1230. The number of halogens is 2.